The number of nitrogens with zero attached hydrogens (tertiary/aromatic N) is 2. The van der Waals surface area contributed by atoms with Crippen molar-refractivity contribution in [3.8, 4) is 33.6 Å². The van der Waals surface area contributed by atoms with E-state index in [4.69, 9.17) is 4.42 Å². The SMILES string of the molecule is c1ccc(-c2ccc(-n3c4ccc(-c5ccc6c(c5)c5ccccc5n6-c5ccccc5)cc4c4c5oc6ccccc6c5ccc43)cc2)cc1. The lowest BCUT2D eigenvalue weighted by Gasteiger charge is -2.10. The quantitative estimate of drug-likeness (QED) is 0.186. The Bertz CT molecular complexity index is 3110. The molecule has 0 radical (unpaired) electrons. The standard InChI is InChI=1S/C48H30N2O/c1-3-11-31(12-4-1)32-19-23-36(24-20-32)50-44-27-22-34(30-41(44)47-45(50)28-25-39-38-16-8-10-18-46(38)51-48(39)47)33-21-26-43-40(29-33)37-15-7-9-17-42(37)49(43)35-13-5-2-6-14-35/h1-30H. The summed E-state index contributed by atoms with van der Waals surface area (Å²) in [6.45, 7) is 0. The van der Waals surface area contributed by atoms with Crippen LogP contribution in [0.3, 0.4) is 0 Å². The van der Waals surface area contributed by atoms with Crippen molar-refractivity contribution in [1.29, 1.82) is 0 Å². The zero-order valence-electron chi connectivity index (χ0n) is 27.6. The van der Waals surface area contributed by atoms with Crippen molar-refractivity contribution < 1.29 is 4.42 Å². The molecule has 0 spiro atoms. The molecule has 3 heteroatoms. The molecule has 0 bridgehead atoms. The molecular weight excluding hydrogens is 621 g/mol. The van der Waals surface area contributed by atoms with Crippen molar-refractivity contribution >= 4 is 65.6 Å². The van der Waals surface area contributed by atoms with Gasteiger partial charge in [0.15, 0.2) is 0 Å². The van der Waals surface area contributed by atoms with Crippen LogP contribution in [-0.4, -0.2) is 9.13 Å². The number of rotatable bonds is 4. The van der Waals surface area contributed by atoms with Crippen LogP contribution in [-0.2, 0) is 0 Å². The van der Waals surface area contributed by atoms with Gasteiger partial charge < -0.3 is 13.6 Å². The molecule has 0 N–H and O–H groups in total. The van der Waals surface area contributed by atoms with Gasteiger partial charge in [0, 0.05) is 38.3 Å². The Morgan fingerprint density at radius 2 is 0.843 bits per heavy atom. The van der Waals surface area contributed by atoms with Crippen molar-refractivity contribution in [2.45, 2.75) is 0 Å². The first kappa shape index (κ1) is 28.0. The second kappa shape index (κ2) is 10.8. The van der Waals surface area contributed by atoms with E-state index < -0.39 is 0 Å². The van der Waals surface area contributed by atoms with E-state index >= 15 is 0 Å². The van der Waals surface area contributed by atoms with E-state index in [1.54, 1.807) is 0 Å². The first-order chi connectivity index (χ1) is 25.3. The first-order valence-corrected chi connectivity index (χ1v) is 17.4. The van der Waals surface area contributed by atoms with Crippen LogP contribution < -0.4 is 0 Å². The van der Waals surface area contributed by atoms with Crippen LogP contribution in [0.1, 0.15) is 0 Å². The molecule has 238 valence electrons. The molecular formula is C48H30N2O. The third kappa shape index (κ3) is 4.19. The van der Waals surface area contributed by atoms with Gasteiger partial charge in [-0.15, -0.1) is 0 Å². The van der Waals surface area contributed by atoms with Crippen molar-refractivity contribution in [3.05, 3.63) is 182 Å². The molecule has 11 rings (SSSR count). The number of furan rings is 1. The summed E-state index contributed by atoms with van der Waals surface area (Å²) in [5, 5.41) is 7.07. The van der Waals surface area contributed by atoms with E-state index in [-0.39, 0.29) is 0 Å². The highest BCUT2D eigenvalue weighted by Gasteiger charge is 2.20. The van der Waals surface area contributed by atoms with Gasteiger partial charge in [-0.3, -0.25) is 0 Å². The summed E-state index contributed by atoms with van der Waals surface area (Å²) in [5.74, 6) is 0. The summed E-state index contributed by atoms with van der Waals surface area (Å²) in [7, 11) is 0. The summed E-state index contributed by atoms with van der Waals surface area (Å²) in [6, 6.07) is 65.4. The fraction of sp³-hybridized carbons (Fsp3) is 0. The molecule has 51 heavy (non-hydrogen) atoms. The molecule has 8 aromatic carbocycles. The summed E-state index contributed by atoms with van der Waals surface area (Å²) >= 11 is 0. The largest absolute Gasteiger partial charge is 0.455 e. The number of hydrogen-bond acceptors (Lipinski definition) is 1. The van der Waals surface area contributed by atoms with E-state index in [1.807, 2.05) is 6.07 Å². The van der Waals surface area contributed by atoms with Crippen molar-refractivity contribution in [1.82, 2.24) is 9.13 Å². The molecule has 0 saturated heterocycles. The Kier molecular flexibility index (Phi) is 5.96. The predicted octanol–water partition coefficient (Wildman–Crippen LogP) is 13.1. The second-order valence-corrected chi connectivity index (χ2v) is 13.3. The molecule has 0 atom stereocenters. The minimum atomic E-state index is 0.907. The zero-order chi connectivity index (χ0) is 33.5. The van der Waals surface area contributed by atoms with Crippen LogP contribution in [0.2, 0.25) is 0 Å². The Morgan fingerprint density at radius 3 is 1.63 bits per heavy atom. The molecule has 0 amide bonds. The third-order valence-corrected chi connectivity index (χ3v) is 10.5. The lowest BCUT2D eigenvalue weighted by Crippen LogP contribution is -1.94. The fourth-order valence-electron chi connectivity index (χ4n) is 8.19. The topological polar surface area (TPSA) is 23.0 Å². The van der Waals surface area contributed by atoms with Crippen molar-refractivity contribution in [2.75, 3.05) is 0 Å². The normalized spacial score (nSPS) is 11.9. The maximum absolute atomic E-state index is 6.68. The summed E-state index contributed by atoms with van der Waals surface area (Å²) in [4.78, 5) is 0. The predicted molar refractivity (Wildman–Crippen MR) is 213 cm³/mol. The van der Waals surface area contributed by atoms with E-state index in [1.165, 1.54) is 49.4 Å². The van der Waals surface area contributed by atoms with E-state index in [2.05, 4.69) is 185 Å². The molecule has 0 fully saturated rings. The smallest absolute Gasteiger partial charge is 0.145 e. The van der Waals surface area contributed by atoms with Gasteiger partial charge in [0.05, 0.1) is 27.5 Å². The number of hydrogen-bond donors (Lipinski definition) is 0. The van der Waals surface area contributed by atoms with Crippen LogP contribution in [0.25, 0.3) is 99.2 Å². The van der Waals surface area contributed by atoms with Gasteiger partial charge in [0.1, 0.15) is 11.2 Å². The van der Waals surface area contributed by atoms with Gasteiger partial charge in [0.2, 0.25) is 0 Å². The Morgan fingerprint density at radius 1 is 0.314 bits per heavy atom. The molecule has 3 heterocycles. The van der Waals surface area contributed by atoms with Crippen LogP contribution in [0.5, 0.6) is 0 Å². The highest BCUT2D eigenvalue weighted by Crippen LogP contribution is 2.43. The number of aromatic nitrogens is 2. The van der Waals surface area contributed by atoms with Crippen LogP contribution >= 0.6 is 0 Å². The Labute approximate surface area is 293 Å². The molecule has 0 aliphatic heterocycles. The van der Waals surface area contributed by atoms with Crippen molar-refractivity contribution in [3.63, 3.8) is 0 Å². The number of benzene rings is 8. The minimum Gasteiger partial charge on any atom is -0.455 e. The van der Waals surface area contributed by atoms with Crippen molar-refractivity contribution in [2.24, 2.45) is 0 Å². The lowest BCUT2D eigenvalue weighted by molar-refractivity contribution is 0.673. The molecule has 0 aliphatic carbocycles. The molecule has 0 aliphatic rings. The molecule has 0 unspecified atom stereocenters. The Hall–Kier alpha value is -6.84. The van der Waals surface area contributed by atoms with E-state index in [9.17, 15) is 0 Å². The highest BCUT2D eigenvalue weighted by molar-refractivity contribution is 6.24. The third-order valence-electron chi connectivity index (χ3n) is 10.5. The van der Waals surface area contributed by atoms with Gasteiger partial charge >= 0.3 is 0 Å². The number of para-hydroxylation sites is 3. The average Bonchev–Trinajstić information content (AvgIpc) is 3.86. The van der Waals surface area contributed by atoms with E-state index in [0.717, 1.165) is 49.7 Å². The minimum absolute atomic E-state index is 0.907. The average molecular weight is 651 g/mol. The Balaban J connectivity index is 1.15. The fourth-order valence-corrected chi connectivity index (χ4v) is 8.19. The van der Waals surface area contributed by atoms with Crippen LogP contribution in [0.4, 0.5) is 0 Å². The van der Waals surface area contributed by atoms with Crippen LogP contribution in [0.15, 0.2) is 186 Å². The molecule has 3 aromatic heterocycles. The number of fused-ring (bicyclic) bond motifs is 10. The van der Waals surface area contributed by atoms with E-state index in [0.29, 0.717) is 0 Å². The maximum Gasteiger partial charge on any atom is 0.145 e. The highest BCUT2D eigenvalue weighted by atomic mass is 16.3. The van der Waals surface area contributed by atoms with Gasteiger partial charge in [-0.1, -0.05) is 109 Å². The van der Waals surface area contributed by atoms with Gasteiger partial charge in [-0.25, -0.2) is 0 Å². The maximum atomic E-state index is 6.68. The van der Waals surface area contributed by atoms with Gasteiger partial charge in [0.25, 0.3) is 0 Å². The summed E-state index contributed by atoms with van der Waals surface area (Å²) in [6.07, 6.45) is 0. The molecule has 0 saturated carbocycles. The summed E-state index contributed by atoms with van der Waals surface area (Å²) in [5.41, 5.74) is 13.6. The molecule has 3 nitrogen and oxygen atoms in total. The van der Waals surface area contributed by atoms with Crippen LogP contribution in [0, 0.1) is 0 Å². The first-order valence-electron chi connectivity index (χ1n) is 17.4. The van der Waals surface area contributed by atoms with Gasteiger partial charge in [-0.05, 0) is 95.1 Å². The monoisotopic (exact) mass is 650 g/mol. The van der Waals surface area contributed by atoms with Gasteiger partial charge in [-0.2, -0.15) is 0 Å². The summed E-state index contributed by atoms with van der Waals surface area (Å²) < 4.78 is 11.4. The zero-order valence-corrected chi connectivity index (χ0v) is 27.6. The lowest BCUT2D eigenvalue weighted by atomic mass is 10.00. The second-order valence-electron chi connectivity index (χ2n) is 13.3. The molecule has 11 aromatic rings.